The van der Waals surface area contributed by atoms with Crippen LogP contribution in [0.25, 0.3) is 0 Å². The number of carbonyl (C=O) groups is 2. The third-order valence-corrected chi connectivity index (χ3v) is 5.51. The van der Waals surface area contributed by atoms with Crippen LogP contribution in [0.3, 0.4) is 0 Å². The van der Waals surface area contributed by atoms with Crippen molar-refractivity contribution in [3.05, 3.63) is 71.0 Å². The number of nitrogens with zero attached hydrogens (tertiary/aromatic N) is 1. The van der Waals surface area contributed by atoms with Crippen molar-refractivity contribution >= 4 is 45.7 Å². The third-order valence-electron chi connectivity index (χ3n) is 3.74. The average Bonchev–Trinajstić information content (AvgIpc) is 3.17. The first-order chi connectivity index (χ1) is 14.0. The molecule has 0 fully saturated rings. The number of hydrogen-bond acceptors (Lipinski definition) is 6. The molecule has 0 aliphatic rings. The number of ether oxygens (including phenoxy) is 1. The molecule has 9 heteroatoms. The van der Waals surface area contributed by atoms with E-state index in [1.807, 2.05) is 5.38 Å². The number of anilines is 2. The Bertz CT molecular complexity index is 975. The Kier molecular flexibility index (Phi) is 7.20. The first-order valence-electron chi connectivity index (χ1n) is 8.56. The van der Waals surface area contributed by atoms with Crippen molar-refractivity contribution in [2.45, 2.75) is 5.75 Å². The van der Waals surface area contributed by atoms with E-state index in [0.717, 1.165) is 5.69 Å². The Morgan fingerprint density at radius 3 is 2.52 bits per heavy atom. The minimum absolute atomic E-state index is 0.176. The molecule has 0 saturated carbocycles. The summed E-state index contributed by atoms with van der Waals surface area (Å²) in [4.78, 5) is 28.6. The highest BCUT2D eigenvalue weighted by Crippen LogP contribution is 2.21. The van der Waals surface area contributed by atoms with Gasteiger partial charge in [0, 0.05) is 22.4 Å². The monoisotopic (exact) mass is 431 g/mol. The lowest BCUT2D eigenvalue weighted by molar-refractivity contribution is -0.113. The molecular weight excluding hydrogens is 413 g/mol. The molecule has 0 aliphatic heterocycles. The molecule has 150 valence electrons. The maximum absolute atomic E-state index is 12.9. The first-order valence-corrected chi connectivity index (χ1v) is 10.6. The molecule has 0 radical (unpaired) electrons. The van der Waals surface area contributed by atoms with Gasteiger partial charge in [0.2, 0.25) is 5.91 Å². The van der Waals surface area contributed by atoms with Crippen LogP contribution in [0, 0.1) is 5.82 Å². The maximum atomic E-state index is 12.9. The number of halogens is 1. The van der Waals surface area contributed by atoms with E-state index < -0.39 is 0 Å². The summed E-state index contributed by atoms with van der Waals surface area (Å²) in [6.07, 6.45) is 0. The second-order valence-corrected chi connectivity index (χ2v) is 7.72. The Balaban J connectivity index is 1.44. The minimum Gasteiger partial charge on any atom is -0.497 e. The lowest BCUT2D eigenvalue weighted by atomic mass is 10.2. The van der Waals surface area contributed by atoms with Gasteiger partial charge in [-0.15, -0.1) is 23.1 Å². The summed E-state index contributed by atoms with van der Waals surface area (Å²) >= 11 is 2.73. The number of thiazole rings is 1. The summed E-state index contributed by atoms with van der Waals surface area (Å²) in [5, 5.41) is 7.80. The standard InChI is InChI=1S/C20H18FN3O3S2/c1-27-17-8-2-13(3-9-17)19(26)24-20-23-16(11-29-20)10-28-12-18(25)22-15-6-4-14(21)5-7-15/h2-9,11H,10,12H2,1H3,(H,22,25)(H,23,24,26). The zero-order valence-corrected chi connectivity index (χ0v) is 17.1. The van der Waals surface area contributed by atoms with Crippen molar-refractivity contribution in [3.63, 3.8) is 0 Å². The van der Waals surface area contributed by atoms with Gasteiger partial charge in [-0.1, -0.05) is 0 Å². The lowest BCUT2D eigenvalue weighted by Gasteiger charge is -2.04. The van der Waals surface area contributed by atoms with E-state index in [0.29, 0.717) is 27.9 Å². The quantitative estimate of drug-likeness (QED) is 0.552. The van der Waals surface area contributed by atoms with Gasteiger partial charge >= 0.3 is 0 Å². The molecule has 2 aromatic carbocycles. The van der Waals surface area contributed by atoms with Gasteiger partial charge in [0.15, 0.2) is 5.13 Å². The van der Waals surface area contributed by atoms with Crippen LogP contribution in [0.4, 0.5) is 15.2 Å². The fourth-order valence-electron chi connectivity index (χ4n) is 2.32. The molecule has 3 rings (SSSR count). The molecule has 29 heavy (non-hydrogen) atoms. The zero-order valence-electron chi connectivity index (χ0n) is 15.5. The van der Waals surface area contributed by atoms with Crippen LogP contribution in [0.2, 0.25) is 0 Å². The highest BCUT2D eigenvalue weighted by Gasteiger charge is 2.10. The third kappa shape index (κ3) is 6.30. The van der Waals surface area contributed by atoms with Gasteiger partial charge in [-0.3, -0.25) is 14.9 Å². The molecule has 2 N–H and O–H groups in total. The first kappa shape index (κ1) is 20.8. The van der Waals surface area contributed by atoms with Crippen molar-refractivity contribution in [1.29, 1.82) is 0 Å². The van der Waals surface area contributed by atoms with E-state index >= 15 is 0 Å². The van der Waals surface area contributed by atoms with E-state index in [9.17, 15) is 14.0 Å². The van der Waals surface area contributed by atoms with Crippen molar-refractivity contribution in [1.82, 2.24) is 4.98 Å². The Labute approximate surface area is 175 Å². The number of methoxy groups -OCH3 is 1. The number of aromatic nitrogens is 1. The molecule has 0 atom stereocenters. The van der Waals surface area contributed by atoms with Crippen molar-refractivity contribution in [2.75, 3.05) is 23.5 Å². The average molecular weight is 432 g/mol. The van der Waals surface area contributed by atoms with Crippen LogP contribution in [0.15, 0.2) is 53.9 Å². The number of thioether (sulfide) groups is 1. The Morgan fingerprint density at radius 2 is 1.83 bits per heavy atom. The lowest BCUT2D eigenvalue weighted by Crippen LogP contribution is -2.14. The van der Waals surface area contributed by atoms with E-state index in [4.69, 9.17) is 4.74 Å². The Morgan fingerprint density at radius 1 is 1.10 bits per heavy atom. The molecule has 0 spiro atoms. The van der Waals surface area contributed by atoms with E-state index in [1.165, 1.54) is 47.4 Å². The van der Waals surface area contributed by atoms with Gasteiger partial charge in [0.1, 0.15) is 11.6 Å². The fourth-order valence-corrected chi connectivity index (χ4v) is 3.85. The second-order valence-electron chi connectivity index (χ2n) is 5.87. The largest absolute Gasteiger partial charge is 0.497 e. The van der Waals surface area contributed by atoms with Crippen molar-refractivity contribution in [3.8, 4) is 5.75 Å². The topological polar surface area (TPSA) is 80.3 Å². The SMILES string of the molecule is COc1ccc(C(=O)Nc2nc(CSCC(=O)Nc3ccc(F)cc3)cs2)cc1. The van der Waals surface area contributed by atoms with E-state index in [1.54, 1.807) is 31.4 Å². The molecule has 2 amide bonds. The Hall–Kier alpha value is -2.91. The zero-order chi connectivity index (χ0) is 20.6. The van der Waals surface area contributed by atoms with Crippen LogP contribution < -0.4 is 15.4 Å². The van der Waals surface area contributed by atoms with Crippen LogP contribution in [0.5, 0.6) is 5.75 Å². The van der Waals surface area contributed by atoms with Crippen molar-refractivity contribution in [2.24, 2.45) is 0 Å². The number of amides is 2. The summed E-state index contributed by atoms with van der Waals surface area (Å²) in [5.74, 6) is 0.674. The van der Waals surface area contributed by atoms with Gasteiger partial charge in [-0.25, -0.2) is 9.37 Å². The maximum Gasteiger partial charge on any atom is 0.257 e. The molecule has 1 aromatic heterocycles. The number of carbonyl (C=O) groups excluding carboxylic acids is 2. The normalized spacial score (nSPS) is 10.4. The minimum atomic E-state index is -0.351. The number of rotatable bonds is 8. The van der Waals surface area contributed by atoms with E-state index in [2.05, 4.69) is 15.6 Å². The van der Waals surface area contributed by atoms with Gasteiger partial charge in [0.25, 0.3) is 5.91 Å². The molecule has 1 heterocycles. The van der Waals surface area contributed by atoms with Gasteiger partial charge < -0.3 is 10.1 Å². The van der Waals surface area contributed by atoms with Gasteiger partial charge in [-0.2, -0.15) is 0 Å². The summed E-state index contributed by atoms with van der Waals surface area (Å²) < 4.78 is 17.9. The van der Waals surface area contributed by atoms with E-state index in [-0.39, 0.29) is 23.4 Å². The van der Waals surface area contributed by atoms with Gasteiger partial charge in [0.05, 0.1) is 18.6 Å². The summed E-state index contributed by atoms with van der Waals surface area (Å²) in [7, 11) is 1.57. The molecule has 0 bridgehead atoms. The predicted octanol–water partition coefficient (Wildman–Crippen LogP) is 4.42. The van der Waals surface area contributed by atoms with Crippen LogP contribution in [-0.4, -0.2) is 29.7 Å². The smallest absolute Gasteiger partial charge is 0.257 e. The summed E-state index contributed by atoms with van der Waals surface area (Å²) in [6.45, 7) is 0. The molecule has 0 aliphatic carbocycles. The predicted molar refractivity (Wildman–Crippen MR) is 114 cm³/mol. The van der Waals surface area contributed by atoms with Crippen molar-refractivity contribution < 1.29 is 18.7 Å². The second kappa shape index (κ2) is 10.0. The summed E-state index contributed by atoms with van der Waals surface area (Å²) in [5.41, 5.74) is 1.84. The number of hydrogen-bond donors (Lipinski definition) is 2. The van der Waals surface area contributed by atoms with Crippen LogP contribution >= 0.6 is 23.1 Å². The molecule has 0 saturated heterocycles. The highest BCUT2D eigenvalue weighted by atomic mass is 32.2. The number of benzene rings is 2. The molecule has 3 aromatic rings. The fraction of sp³-hybridized carbons (Fsp3) is 0.150. The highest BCUT2D eigenvalue weighted by molar-refractivity contribution is 7.99. The van der Waals surface area contributed by atoms with Crippen LogP contribution in [0.1, 0.15) is 16.1 Å². The molecular formula is C20H18FN3O3S2. The van der Waals surface area contributed by atoms with Crippen LogP contribution in [-0.2, 0) is 10.5 Å². The summed E-state index contributed by atoms with van der Waals surface area (Å²) in [6, 6.07) is 12.4. The molecule has 6 nitrogen and oxygen atoms in total. The molecule has 0 unspecified atom stereocenters. The number of nitrogens with one attached hydrogen (secondary N) is 2. The van der Waals surface area contributed by atoms with Gasteiger partial charge in [-0.05, 0) is 48.5 Å².